The number of oxazole rings is 1. The number of rotatable bonds is 6. The minimum Gasteiger partial charge on any atom is -0.456 e. The molecule has 13 rings (SSSR count). The summed E-state index contributed by atoms with van der Waals surface area (Å²) >= 11 is 0. The van der Waals surface area contributed by atoms with Gasteiger partial charge in [0, 0.05) is 54.9 Å². The fourth-order valence-corrected chi connectivity index (χ4v) is 9.20. The highest BCUT2D eigenvalue weighted by Gasteiger charge is 2.22. The molecule has 0 bridgehead atoms. The first-order valence-corrected chi connectivity index (χ1v) is 21.0. The van der Waals surface area contributed by atoms with Gasteiger partial charge in [-0.05, 0) is 89.3 Å². The van der Waals surface area contributed by atoms with Gasteiger partial charge in [-0.2, -0.15) is 0 Å². The SMILES string of the molecule is c1ccc(-c2nc(-c3ccc4c(c3)c3ccccc3n4-c3ccccc3)nc(-c3cc(-c4cccc5ccc6nc(-c7ccccc7)oc6c45)cc4oc5ccccc5c34)n2)cc1. The molecule has 4 heterocycles. The lowest BCUT2D eigenvalue weighted by Gasteiger charge is -2.12. The Bertz CT molecular complexity index is 3910. The Morgan fingerprint density at radius 1 is 0.365 bits per heavy atom. The topological polar surface area (TPSA) is 82.8 Å². The molecule has 0 unspecified atom stereocenters. The van der Waals surface area contributed by atoms with Crippen molar-refractivity contribution >= 4 is 65.6 Å². The molecule has 4 aromatic heterocycles. The zero-order valence-corrected chi connectivity index (χ0v) is 33.6. The van der Waals surface area contributed by atoms with Gasteiger partial charge in [0.2, 0.25) is 5.89 Å². The van der Waals surface area contributed by atoms with Gasteiger partial charge in [-0.1, -0.05) is 127 Å². The molecule has 63 heavy (non-hydrogen) atoms. The first kappa shape index (κ1) is 35.1. The van der Waals surface area contributed by atoms with Crippen molar-refractivity contribution in [2.75, 3.05) is 0 Å². The van der Waals surface area contributed by atoms with E-state index in [1.807, 2.05) is 91.0 Å². The molecule has 0 atom stereocenters. The van der Waals surface area contributed by atoms with Crippen LogP contribution in [0.1, 0.15) is 0 Å². The molecule has 0 amide bonds. The zero-order valence-electron chi connectivity index (χ0n) is 33.6. The highest BCUT2D eigenvalue weighted by Crippen LogP contribution is 2.43. The number of furan rings is 1. The third-order valence-corrected chi connectivity index (χ3v) is 12.1. The van der Waals surface area contributed by atoms with Crippen LogP contribution in [0.2, 0.25) is 0 Å². The third-order valence-electron chi connectivity index (χ3n) is 12.1. The van der Waals surface area contributed by atoms with E-state index in [4.69, 9.17) is 28.8 Å². The van der Waals surface area contributed by atoms with E-state index in [1.54, 1.807) is 0 Å². The van der Waals surface area contributed by atoms with E-state index in [9.17, 15) is 0 Å². The molecule has 0 saturated carbocycles. The van der Waals surface area contributed by atoms with Crippen LogP contribution < -0.4 is 0 Å². The van der Waals surface area contributed by atoms with E-state index in [-0.39, 0.29) is 0 Å². The van der Waals surface area contributed by atoms with Crippen LogP contribution in [0.3, 0.4) is 0 Å². The van der Waals surface area contributed by atoms with Gasteiger partial charge in [0.15, 0.2) is 23.1 Å². The molecule has 0 fully saturated rings. The van der Waals surface area contributed by atoms with Crippen molar-refractivity contribution in [1.29, 1.82) is 0 Å². The molecule has 13 aromatic rings. The molecular formula is C56H33N5O2. The van der Waals surface area contributed by atoms with Gasteiger partial charge in [-0.3, -0.25) is 0 Å². The Kier molecular flexibility index (Phi) is 7.77. The van der Waals surface area contributed by atoms with E-state index in [0.29, 0.717) is 23.4 Å². The van der Waals surface area contributed by atoms with Crippen LogP contribution in [0.4, 0.5) is 0 Å². The number of nitrogens with zero attached hydrogens (tertiary/aromatic N) is 5. The van der Waals surface area contributed by atoms with Crippen molar-refractivity contribution in [3.8, 4) is 62.4 Å². The van der Waals surface area contributed by atoms with Crippen molar-refractivity contribution in [1.82, 2.24) is 24.5 Å². The minimum atomic E-state index is 0.542. The van der Waals surface area contributed by atoms with Crippen LogP contribution in [0, 0.1) is 0 Å². The van der Waals surface area contributed by atoms with E-state index in [1.165, 1.54) is 0 Å². The first-order valence-electron chi connectivity index (χ1n) is 21.0. The second kappa shape index (κ2) is 13.9. The minimum absolute atomic E-state index is 0.542. The lowest BCUT2D eigenvalue weighted by Crippen LogP contribution is -2.01. The van der Waals surface area contributed by atoms with E-state index in [0.717, 1.165) is 105 Å². The first-order chi connectivity index (χ1) is 31.2. The summed E-state index contributed by atoms with van der Waals surface area (Å²) in [6.45, 7) is 0. The Labute approximate surface area is 360 Å². The number of aromatic nitrogens is 5. The largest absolute Gasteiger partial charge is 0.456 e. The highest BCUT2D eigenvalue weighted by molar-refractivity contribution is 6.16. The van der Waals surface area contributed by atoms with Gasteiger partial charge < -0.3 is 13.4 Å². The molecule has 0 spiro atoms. The number of benzene rings is 9. The molecule has 0 aliphatic heterocycles. The second-order valence-electron chi connectivity index (χ2n) is 15.8. The summed E-state index contributed by atoms with van der Waals surface area (Å²) in [7, 11) is 0. The predicted octanol–water partition coefficient (Wildman–Crippen LogP) is 14.5. The van der Waals surface area contributed by atoms with Gasteiger partial charge in [0.1, 0.15) is 16.7 Å². The van der Waals surface area contributed by atoms with Crippen molar-refractivity contribution in [2.24, 2.45) is 0 Å². The molecule has 7 nitrogen and oxygen atoms in total. The summed E-state index contributed by atoms with van der Waals surface area (Å²) < 4.78 is 15.6. The number of hydrogen-bond acceptors (Lipinski definition) is 6. The molecule has 7 heteroatoms. The van der Waals surface area contributed by atoms with Crippen LogP contribution >= 0.6 is 0 Å². The average Bonchev–Trinajstić information content (AvgIpc) is 4.06. The standard InChI is InChI=1S/C56H33N5O2/c1-4-15-35(16-5-1)53-58-54(37-28-30-47-43(31-37)41-22-10-12-25-46(41)61(47)39-20-8-3-9-21-39)60-55(59-53)44-32-38(33-49-51(44)42-23-11-13-26-48(42)62-49)40-24-14-19-34-27-29-45-52(50(34)40)63-56(57-45)36-17-6-2-7-18-36/h1-33H. The monoisotopic (exact) mass is 807 g/mol. The third kappa shape index (κ3) is 5.67. The van der Waals surface area contributed by atoms with Crippen LogP contribution in [0.25, 0.3) is 128 Å². The van der Waals surface area contributed by atoms with Crippen LogP contribution in [-0.4, -0.2) is 24.5 Å². The zero-order chi connectivity index (χ0) is 41.4. The van der Waals surface area contributed by atoms with Crippen molar-refractivity contribution in [3.05, 3.63) is 200 Å². The summed E-state index contributed by atoms with van der Waals surface area (Å²) in [6, 6.07) is 68.6. The molecule has 0 N–H and O–H groups in total. The lowest BCUT2D eigenvalue weighted by atomic mass is 9.94. The predicted molar refractivity (Wildman–Crippen MR) is 254 cm³/mol. The molecular weight excluding hydrogens is 775 g/mol. The van der Waals surface area contributed by atoms with Crippen LogP contribution in [0.15, 0.2) is 209 Å². The maximum Gasteiger partial charge on any atom is 0.227 e. The second-order valence-corrected chi connectivity index (χ2v) is 15.8. The Morgan fingerprint density at radius 2 is 1.05 bits per heavy atom. The molecule has 0 aliphatic rings. The van der Waals surface area contributed by atoms with Crippen molar-refractivity contribution < 1.29 is 8.83 Å². The molecule has 294 valence electrons. The number of para-hydroxylation sites is 3. The van der Waals surface area contributed by atoms with E-state index >= 15 is 0 Å². The van der Waals surface area contributed by atoms with Crippen LogP contribution in [0.5, 0.6) is 0 Å². The van der Waals surface area contributed by atoms with Crippen molar-refractivity contribution in [3.63, 3.8) is 0 Å². The fraction of sp³-hybridized carbons (Fsp3) is 0. The Morgan fingerprint density at radius 3 is 1.87 bits per heavy atom. The van der Waals surface area contributed by atoms with Gasteiger partial charge in [0.25, 0.3) is 0 Å². The highest BCUT2D eigenvalue weighted by atomic mass is 16.3. The van der Waals surface area contributed by atoms with Gasteiger partial charge in [-0.25, -0.2) is 19.9 Å². The average molecular weight is 808 g/mol. The maximum atomic E-state index is 6.69. The van der Waals surface area contributed by atoms with Crippen LogP contribution in [-0.2, 0) is 0 Å². The summed E-state index contributed by atoms with van der Waals surface area (Å²) in [4.78, 5) is 20.8. The molecule has 0 radical (unpaired) electrons. The molecule has 0 aliphatic carbocycles. The van der Waals surface area contributed by atoms with Gasteiger partial charge in [-0.15, -0.1) is 0 Å². The molecule has 9 aromatic carbocycles. The maximum absolute atomic E-state index is 6.69. The summed E-state index contributed by atoms with van der Waals surface area (Å²) in [5.74, 6) is 2.28. The lowest BCUT2D eigenvalue weighted by molar-refractivity contribution is 0.623. The van der Waals surface area contributed by atoms with Crippen molar-refractivity contribution in [2.45, 2.75) is 0 Å². The number of hydrogen-bond donors (Lipinski definition) is 0. The molecule has 0 saturated heterocycles. The van der Waals surface area contributed by atoms with E-state index < -0.39 is 0 Å². The van der Waals surface area contributed by atoms with Gasteiger partial charge in [0.05, 0.1) is 11.0 Å². The fourth-order valence-electron chi connectivity index (χ4n) is 9.20. The van der Waals surface area contributed by atoms with Gasteiger partial charge >= 0.3 is 0 Å². The van der Waals surface area contributed by atoms with E-state index in [2.05, 4.69) is 114 Å². The number of fused-ring (bicyclic) bond motifs is 9. The summed E-state index contributed by atoms with van der Waals surface area (Å²) in [6.07, 6.45) is 0. The summed E-state index contributed by atoms with van der Waals surface area (Å²) in [5, 5.41) is 6.20. The Balaban J connectivity index is 1.06. The normalized spacial score (nSPS) is 11.8. The summed E-state index contributed by atoms with van der Waals surface area (Å²) in [5.41, 5.74) is 11.8. The Hall–Kier alpha value is -8.68. The quantitative estimate of drug-likeness (QED) is 0.166. The smallest absolute Gasteiger partial charge is 0.227 e.